The number of imide groups is 1. The Balaban J connectivity index is 0.870. The number of anilines is 2. The molecule has 2 N–H and O–H groups in total. The molecule has 1 atom stereocenters. The number of aryl methyl sites for hydroxylation is 1. The van der Waals surface area contributed by atoms with Crippen LogP contribution in [-0.4, -0.2) is 81.4 Å². The molecular formula is C41H46F2N8O5. The van der Waals surface area contributed by atoms with E-state index in [0.29, 0.717) is 35.3 Å². The average molecular weight is 769 g/mol. The number of nitrogens with zero attached hydrogens (tertiary/aromatic N) is 6. The number of halogens is 2. The second kappa shape index (κ2) is 15.2. The van der Waals surface area contributed by atoms with Crippen LogP contribution in [0.25, 0.3) is 21.9 Å². The van der Waals surface area contributed by atoms with Crippen LogP contribution in [0, 0.1) is 17.6 Å². The van der Waals surface area contributed by atoms with E-state index in [-0.39, 0.29) is 29.6 Å². The molecule has 0 bridgehead atoms. The third kappa shape index (κ3) is 7.04. The van der Waals surface area contributed by atoms with Crippen molar-refractivity contribution in [2.45, 2.75) is 69.5 Å². The Kier molecular flexibility index (Phi) is 10.1. The molecule has 3 aliphatic rings. The van der Waals surface area contributed by atoms with Gasteiger partial charge in [-0.05, 0) is 94.3 Å². The highest BCUT2D eigenvalue weighted by atomic mass is 19.1. The van der Waals surface area contributed by atoms with Gasteiger partial charge in [-0.1, -0.05) is 6.07 Å². The van der Waals surface area contributed by atoms with Crippen molar-refractivity contribution < 1.29 is 27.9 Å². The van der Waals surface area contributed by atoms with Crippen molar-refractivity contribution in [2.75, 3.05) is 44.0 Å². The number of fused-ring (bicyclic) bond motifs is 2. The lowest BCUT2D eigenvalue weighted by Crippen LogP contribution is -2.45. The number of methoxy groups -OCH3 is 1. The molecule has 15 heteroatoms. The first-order chi connectivity index (χ1) is 27.0. The summed E-state index contributed by atoms with van der Waals surface area (Å²) in [5.41, 5.74) is 2.91. The number of piperidine rings is 2. The van der Waals surface area contributed by atoms with Crippen molar-refractivity contribution in [2.24, 2.45) is 13.0 Å². The number of amides is 3. The van der Waals surface area contributed by atoms with E-state index in [4.69, 9.17) is 9.84 Å². The average Bonchev–Trinajstić information content (AvgIpc) is 3.72. The summed E-state index contributed by atoms with van der Waals surface area (Å²) in [6, 6.07) is 12.1. The fourth-order valence-corrected chi connectivity index (χ4v) is 8.98. The van der Waals surface area contributed by atoms with E-state index in [2.05, 4.69) is 27.5 Å². The Morgan fingerprint density at radius 1 is 1.00 bits per heavy atom. The van der Waals surface area contributed by atoms with Crippen LogP contribution in [-0.2, 0) is 16.6 Å². The Morgan fingerprint density at radius 2 is 1.77 bits per heavy atom. The SMILES string of the molecule is COc1cc2nn(C3CCC(CN(C)C4CCN(c5cccc6c5n(C)c(=O)n6C5CCC(=O)NC5=O)CC4)CC3)cc2cc1NC(=O)c1cc(F)ccc1F. The number of carbonyl (C=O) groups excluding carboxylic acids is 3. The normalized spacial score (nSPS) is 20.9. The molecule has 1 aliphatic carbocycles. The molecule has 0 radical (unpaired) electrons. The first-order valence-corrected chi connectivity index (χ1v) is 19.3. The van der Waals surface area contributed by atoms with Crippen LogP contribution in [0.4, 0.5) is 20.2 Å². The maximum Gasteiger partial charge on any atom is 0.329 e. The van der Waals surface area contributed by atoms with Crippen molar-refractivity contribution in [1.29, 1.82) is 0 Å². The number of nitrogens with one attached hydrogen (secondary N) is 2. The standard InChI is InChI=1S/C41H46F2N8O5/c1-47(27-15-17-49(18-16-27)33-5-4-6-34-38(33)48(2)41(55)51(34)35-13-14-37(52)45-40(35)54)22-24-7-10-28(11-8-24)50-23-25-19-32(36(56-3)21-31(25)46-50)44-39(53)29-20-26(42)9-12-30(29)43/h4-6,9,12,19-21,23-24,27-28,35H,7-8,10-11,13-18,22H2,1-3H3,(H,44,53)(H,45,52,54). The molecule has 56 heavy (non-hydrogen) atoms. The molecule has 2 saturated heterocycles. The number of para-hydroxylation sites is 1. The molecule has 5 aromatic rings. The smallest absolute Gasteiger partial charge is 0.329 e. The number of ether oxygens (including phenoxy) is 1. The molecule has 3 aromatic carbocycles. The van der Waals surface area contributed by atoms with E-state index >= 15 is 0 Å². The van der Waals surface area contributed by atoms with Crippen LogP contribution in [0.3, 0.4) is 0 Å². The van der Waals surface area contributed by atoms with E-state index in [1.165, 1.54) is 7.11 Å². The van der Waals surface area contributed by atoms with Gasteiger partial charge in [0.1, 0.15) is 23.4 Å². The minimum Gasteiger partial charge on any atom is -0.494 e. The Labute approximate surface area is 322 Å². The Morgan fingerprint density at radius 3 is 2.50 bits per heavy atom. The molecule has 3 amide bonds. The van der Waals surface area contributed by atoms with Crippen LogP contribution in [0.1, 0.15) is 73.8 Å². The minimum atomic E-state index is -0.814. The number of aromatic nitrogens is 4. The Bertz CT molecular complexity index is 2390. The van der Waals surface area contributed by atoms with Gasteiger partial charge in [0.15, 0.2) is 0 Å². The highest BCUT2D eigenvalue weighted by Crippen LogP contribution is 2.37. The number of hydrogen-bond acceptors (Lipinski definition) is 8. The van der Waals surface area contributed by atoms with E-state index in [1.54, 1.807) is 28.3 Å². The van der Waals surface area contributed by atoms with Gasteiger partial charge in [-0.3, -0.25) is 33.5 Å². The molecule has 13 nitrogen and oxygen atoms in total. The highest BCUT2D eigenvalue weighted by molar-refractivity contribution is 6.06. The van der Waals surface area contributed by atoms with Crippen LogP contribution >= 0.6 is 0 Å². The fraction of sp³-hybridized carbons (Fsp3) is 0.439. The maximum atomic E-state index is 14.3. The van der Waals surface area contributed by atoms with E-state index < -0.39 is 29.5 Å². The van der Waals surface area contributed by atoms with Gasteiger partial charge in [0.25, 0.3) is 5.91 Å². The predicted octanol–water partition coefficient (Wildman–Crippen LogP) is 5.54. The lowest BCUT2D eigenvalue weighted by atomic mass is 9.85. The van der Waals surface area contributed by atoms with Crippen molar-refractivity contribution in [3.8, 4) is 5.75 Å². The van der Waals surface area contributed by atoms with E-state index in [1.807, 2.05) is 29.1 Å². The molecule has 2 aromatic heterocycles. The summed E-state index contributed by atoms with van der Waals surface area (Å²) in [7, 11) is 5.45. The van der Waals surface area contributed by atoms with Gasteiger partial charge >= 0.3 is 5.69 Å². The molecule has 2 aliphatic heterocycles. The third-order valence-electron chi connectivity index (χ3n) is 12.0. The van der Waals surface area contributed by atoms with Crippen LogP contribution < -0.4 is 26.0 Å². The van der Waals surface area contributed by atoms with Crippen molar-refractivity contribution in [3.05, 3.63) is 82.4 Å². The predicted molar refractivity (Wildman–Crippen MR) is 208 cm³/mol. The summed E-state index contributed by atoms with van der Waals surface area (Å²) in [6.45, 7) is 2.72. The van der Waals surface area contributed by atoms with E-state index in [9.17, 15) is 28.0 Å². The summed E-state index contributed by atoms with van der Waals surface area (Å²) in [5.74, 6) is -2.09. The van der Waals surface area contributed by atoms with E-state index in [0.717, 1.165) is 98.5 Å². The quantitative estimate of drug-likeness (QED) is 0.187. The minimum absolute atomic E-state index is 0.205. The first-order valence-electron chi connectivity index (χ1n) is 19.3. The van der Waals surface area contributed by atoms with Gasteiger partial charge in [0.05, 0.1) is 46.6 Å². The van der Waals surface area contributed by atoms with Crippen molar-refractivity contribution in [3.63, 3.8) is 0 Å². The summed E-state index contributed by atoms with van der Waals surface area (Å²) in [5, 5.41) is 10.7. The lowest BCUT2D eigenvalue weighted by Gasteiger charge is -2.40. The molecule has 4 heterocycles. The summed E-state index contributed by atoms with van der Waals surface area (Å²) >= 11 is 0. The Hall–Kier alpha value is -5.57. The maximum absolute atomic E-state index is 14.3. The highest BCUT2D eigenvalue weighted by Gasteiger charge is 2.33. The number of hydrogen-bond donors (Lipinski definition) is 2. The molecule has 1 saturated carbocycles. The monoisotopic (exact) mass is 768 g/mol. The fourth-order valence-electron chi connectivity index (χ4n) is 8.98. The number of carbonyl (C=O) groups is 3. The first kappa shape index (κ1) is 37.4. The molecule has 294 valence electrons. The number of imidazole rings is 1. The third-order valence-corrected chi connectivity index (χ3v) is 12.0. The van der Waals surface area contributed by atoms with Gasteiger partial charge in [-0.2, -0.15) is 5.10 Å². The zero-order valence-corrected chi connectivity index (χ0v) is 31.8. The van der Waals surface area contributed by atoms with Gasteiger partial charge in [0, 0.05) is 56.8 Å². The van der Waals surface area contributed by atoms with Gasteiger partial charge in [-0.25, -0.2) is 13.6 Å². The number of benzene rings is 3. The summed E-state index contributed by atoms with van der Waals surface area (Å²) in [4.78, 5) is 55.6. The largest absolute Gasteiger partial charge is 0.494 e. The van der Waals surface area contributed by atoms with Crippen LogP contribution in [0.5, 0.6) is 5.75 Å². The van der Waals surface area contributed by atoms with Crippen molar-refractivity contribution >= 4 is 51.0 Å². The molecule has 8 rings (SSSR count). The van der Waals surface area contributed by atoms with Gasteiger partial charge < -0.3 is 19.9 Å². The zero-order chi connectivity index (χ0) is 39.2. The van der Waals surface area contributed by atoms with Crippen LogP contribution in [0.2, 0.25) is 0 Å². The second-order valence-corrected chi connectivity index (χ2v) is 15.5. The van der Waals surface area contributed by atoms with Gasteiger partial charge in [-0.15, -0.1) is 0 Å². The summed E-state index contributed by atoms with van der Waals surface area (Å²) < 4.78 is 38.7. The topological polar surface area (TPSA) is 136 Å². The second-order valence-electron chi connectivity index (χ2n) is 15.5. The molecular weight excluding hydrogens is 722 g/mol. The van der Waals surface area contributed by atoms with Crippen molar-refractivity contribution in [1.82, 2.24) is 29.1 Å². The molecule has 3 fully saturated rings. The lowest BCUT2D eigenvalue weighted by molar-refractivity contribution is -0.135. The number of rotatable bonds is 9. The summed E-state index contributed by atoms with van der Waals surface area (Å²) in [6.07, 6.45) is 8.61. The van der Waals surface area contributed by atoms with Gasteiger partial charge in [0.2, 0.25) is 11.8 Å². The molecule has 1 unspecified atom stereocenters. The zero-order valence-electron chi connectivity index (χ0n) is 31.8. The molecule has 0 spiro atoms. The van der Waals surface area contributed by atoms with Crippen LogP contribution in [0.15, 0.2) is 59.5 Å².